The van der Waals surface area contributed by atoms with Gasteiger partial charge in [-0.3, -0.25) is 4.79 Å². The third-order valence-electron chi connectivity index (χ3n) is 2.75. The number of likely N-dealkylation sites (tertiary alicyclic amines) is 1. The predicted molar refractivity (Wildman–Crippen MR) is 58.9 cm³/mol. The first-order chi connectivity index (χ1) is 6.86. The maximum absolute atomic E-state index is 11.3. The molecule has 1 fully saturated rings. The van der Waals surface area contributed by atoms with Gasteiger partial charge in [0.25, 0.3) is 0 Å². The molecule has 0 amide bonds. The molecule has 0 radical (unpaired) electrons. The van der Waals surface area contributed by atoms with E-state index in [1.165, 1.54) is 43.7 Å². The standard InChI is InChI=1S/C10H16N2OS/c13-10-12(8-9-14-10)7-6-11-4-2-1-3-5-11/h8-9H,1-7H2. The van der Waals surface area contributed by atoms with Crippen LogP contribution in [-0.4, -0.2) is 29.1 Å². The molecule has 0 bridgehead atoms. The maximum Gasteiger partial charge on any atom is 0.307 e. The summed E-state index contributed by atoms with van der Waals surface area (Å²) < 4.78 is 1.80. The summed E-state index contributed by atoms with van der Waals surface area (Å²) in [6, 6.07) is 0. The Kier molecular flexibility index (Phi) is 3.37. The fourth-order valence-corrected chi connectivity index (χ4v) is 2.50. The second-order valence-electron chi connectivity index (χ2n) is 3.76. The van der Waals surface area contributed by atoms with Gasteiger partial charge in [-0.25, -0.2) is 0 Å². The molecule has 1 aliphatic rings. The molecule has 0 atom stereocenters. The van der Waals surface area contributed by atoms with Crippen molar-refractivity contribution in [3.8, 4) is 0 Å². The summed E-state index contributed by atoms with van der Waals surface area (Å²) >= 11 is 1.28. The van der Waals surface area contributed by atoms with Crippen molar-refractivity contribution < 1.29 is 0 Å². The topological polar surface area (TPSA) is 25.2 Å². The molecule has 2 rings (SSSR count). The molecule has 4 heteroatoms. The molecule has 3 nitrogen and oxygen atoms in total. The zero-order chi connectivity index (χ0) is 9.80. The quantitative estimate of drug-likeness (QED) is 0.756. The van der Waals surface area contributed by atoms with Crippen LogP contribution in [0, 0.1) is 0 Å². The summed E-state index contributed by atoms with van der Waals surface area (Å²) in [4.78, 5) is 13.9. The van der Waals surface area contributed by atoms with Crippen molar-refractivity contribution in [2.75, 3.05) is 19.6 Å². The van der Waals surface area contributed by atoms with E-state index in [0.29, 0.717) is 0 Å². The maximum atomic E-state index is 11.3. The van der Waals surface area contributed by atoms with Gasteiger partial charge in [0.2, 0.25) is 0 Å². The van der Waals surface area contributed by atoms with Crippen LogP contribution in [-0.2, 0) is 6.54 Å². The van der Waals surface area contributed by atoms with Crippen LogP contribution in [0.25, 0.3) is 0 Å². The van der Waals surface area contributed by atoms with Gasteiger partial charge in [-0.2, -0.15) is 0 Å². The highest BCUT2D eigenvalue weighted by Crippen LogP contribution is 2.08. The lowest BCUT2D eigenvalue weighted by Gasteiger charge is -2.26. The molecular weight excluding hydrogens is 196 g/mol. The van der Waals surface area contributed by atoms with Crippen molar-refractivity contribution in [2.45, 2.75) is 25.8 Å². The number of thiazole rings is 1. The number of hydrogen-bond donors (Lipinski definition) is 0. The van der Waals surface area contributed by atoms with Crippen molar-refractivity contribution >= 4 is 11.3 Å². The van der Waals surface area contributed by atoms with Gasteiger partial charge in [0, 0.05) is 24.7 Å². The second kappa shape index (κ2) is 4.75. The normalized spacial score (nSPS) is 18.6. The Labute approximate surface area is 88.0 Å². The van der Waals surface area contributed by atoms with Crippen molar-refractivity contribution in [2.24, 2.45) is 0 Å². The minimum absolute atomic E-state index is 0.169. The zero-order valence-electron chi connectivity index (χ0n) is 8.32. The van der Waals surface area contributed by atoms with E-state index < -0.39 is 0 Å². The van der Waals surface area contributed by atoms with E-state index >= 15 is 0 Å². The van der Waals surface area contributed by atoms with Crippen LogP contribution in [0.1, 0.15) is 19.3 Å². The summed E-state index contributed by atoms with van der Waals surface area (Å²) in [6.45, 7) is 4.29. The van der Waals surface area contributed by atoms with Crippen molar-refractivity contribution in [1.29, 1.82) is 0 Å². The van der Waals surface area contributed by atoms with Gasteiger partial charge in [0.1, 0.15) is 0 Å². The Balaban J connectivity index is 1.82. The van der Waals surface area contributed by atoms with Crippen molar-refractivity contribution in [3.63, 3.8) is 0 Å². The minimum Gasteiger partial charge on any atom is -0.305 e. The van der Waals surface area contributed by atoms with Crippen LogP contribution in [0.15, 0.2) is 16.4 Å². The molecule has 1 saturated heterocycles. The molecule has 0 saturated carbocycles. The third-order valence-corrected chi connectivity index (χ3v) is 3.44. The number of rotatable bonds is 3. The minimum atomic E-state index is 0.169. The smallest absolute Gasteiger partial charge is 0.305 e. The Morgan fingerprint density at radius 2 is 2.00 bits per heavy atom. The average Bonchev–Trinajstić information content (AvgIpc) is 2.63. The number of hydrogen-bond acceptors (Lipinski definition) is 3. The largest absolute Gasteiger partial charge is 0.307 e. The van der Waals surface area contributed by atoms with Crippen LogP contribution in [0.5, 0.6) is 0 Å². The molecular formula is C10H16N2OS. The Bertz CT molecular complexity index is 325. The predicted octanol–water partition coefficient (Wildman–Crippen LogP) is 1.40. The Morgan fingerprint density at radius 1 is 1.21 bits per heavy atom. The molecule has 14 heavy (non-hydrogen) atoms. The van der Waals surface area contributed by atoms with Crippen LogP contribution < -0.4 is 4.87 Å². The SMILES string of the molecule is O=c1sccn1CCN1CCCCC1. The molecule has 78 valence electrons. The van der Waals surface area contributed by atoms with Crippen LogP contribution in [0.2, 0.25) is 0 Å². The van der Waals surface area contributed by atoms with Gasteiger partial charge < -0.3 is 9.47 Å². The second-order valence-corrected chi connectivity index (χ2v) is 4.62. The lowest BCUT2D eigenvalue weighted by Crippen LogP contribution is -2.33. The lowest BCUT2D eigenvalue weighted by molar-refractivity contribution is 0.220. The average molecular weight is 212 g/mol. The van der Waals surface area contributed by atoms with E-state index in [0.717, 1.165) is 13.1 Å². The first-order valence-electron chi connectivity index (χ1n) is 5.22. The summed E-state index contributed by atoms with van der Waals surface area (Å²) in [5.41, 5.74) is 0. The molecule has 0 aromatic carbocycles. The first-order valence-corrected chi connectivity index (χ1v) is 6.10. The molecule has 0 aliphatic carbocycles. The van der Waals surface area contributed by atoms with E-state index in [-0.39, 0.29) is 4.87 Å². The highest BCUT2D eigenvalue weighted by Gasteiger charge is 2.09. The summed E-state index contributed by atoms with van der Waals surface area (Å²) in [7, 11) is 0. The molecule has 1 aromatic heterocycles. The van der Waals surface area contributed by atoms with Gasteiger partial charge >= 0.3 is 4.87 Å². The van der Waals surface area contributed by atoms with Gasteiger partial charge in [0.15, 0.2) is 0 Å². The summed E-state index contributed by atoms with van der Waals surface area (Å²) in [6.07, 6.45) is 5.89. The zero-order valence-corrected chi connectivity index (χ0v) is 9.13. The van der Waals surface area contributed by atoms with E-state index in [9.17, 15) is 4.79 Å². The van der Waals surface area contributed by atoms with Crippen LogP contribution in [0.3, 0.4) is 0 Å². The molecule has 0 N–H and O–H groups in total. The van der Waals surface area contributed by atoms with Crippen LogP contribution in [0.4, 0.5) is 0 Å². The molecule has 1 aliphatic heterocycles. The molecule has 1 aromatic rings. The van der Waals surface area contributed by atoms with Gasteiger partial charge in [-0.05, 0) is 25.9 Å². The van der Waals surface area contributed by atoms with Crippen molar-refractivity contribution in [3.05, 3.63) is 21.2 Å². The fraction of sp³-hybridized carbons (Fsp3) is 0.700. The molecule has 0 unspecified atom stereocenters. The fourth-order valence-electron chi connectivity index (χ4n) is 1.89. The van der Waals surface area contributed by atoms with E-state index in [1.54, 1.807) is 4.57 Å². The van der Waals surface area contributed by atoms with Gasteiger partial charge in [-0.15, -0.1) is 0 Å². The van der Waals surface area contributed by atoms with Gasteiger partial charge in [-0.1, -0.05) is 17.8 Å². The highest BCUT2D eigenvalue weighted by atomic mass is 32.1. The molecule has 2 heterocycles. The Morgan fingerprint density at radius 3 is 2.64 bits per heavy atom. The number of aromatic nitrogens is 1. The molecule has 0 spiro atoms. The van der Waals surface area contributed by atoms with E-state index in [2.05, 4.69) is 4.90 Å². The number of nitrogens with zero attached hydrogens (tertiary/aromatic N) is 2. The van der Waals surface area contributed by atoms with Gasteiger partial charge in [0.05, 0.1) is 0 Å². The lowest BCUT2D eigenvalue weighted by atomic mass is 10.1. The Hall–Kier alpha value is -0.610. The summed E-state index contributed by atoms with van der Waals surface area (Å²) in [5.74, 6) is 0. The highest BCUT2D eigenvalue weighted by molar-refractivity contribution is 7.07. The summed E-state index contributed by atoms with van der Waals surface area (Å²) in [5, 5.41) is 1.86. The monoisotopic (exact) mass is 212 g/mol. The van der Waals surface area contributed by atoms with E-state index in [1.807, 2.05) is 11.6 Å². The first kappa shape index (κ1) is 9.93. The third kappa shape index (κ3) is 2.45. The number of piperidine rings is 1. The van der Waals surface area contributed by atoms with Crippen molar-refractivity contribution in [1.82, 2.24) is 9.47 Å². The van der Waals surface area contributed by atoms with Crippen LogP contribution >= 0.6 is 11.3 Å². The van der Waals surface area contributed by atoms with E-state index in [4.69, 9.17) is 0 Å².